The van der Waals surface area contributed by atoms with Gasteiger partial charge in [0.15, 0.2) is 0 Å². The molecule has 3 aliphatic rings. The molecule has 2 heterocycles. The monoisotopic (exact) mass is 396 g/mol. The average molecular weight is 397 g/mol. The number of aryl methyl sites for hydroxylation is 2. The van der Waals surface area contributed by atoms with Crippen LogP contribution in [-0.2, 0) is 11.8 Å². The second kappa shape index (κ2) is 7.27. The van der Waals surface area contributed by atoms with Gasteiger partial charge in [0.2, 0.25) is 0 Å². The standard InChI is InChI=1S/C24H29ClN2O/c1-17-6-9-23-22(12-17)27(14-20-5-3-11-26-20)15-24(16-28-23)10-2-4-18-13-19(25)7-8-21(18)24/h6-9,12-13,20,26H,2-5,10-11,14-16H2,1H3/t20-,24-/m0/s1. The van der Waals surface area contributed by atoms with Crippen molar-refractivity contribution in [2.75, 3.05) is 31.1 Å². The van der Waals surface area contributed by atoms with Crippen LogP contribution < -0.4 is 15.0 Å². The van der Waals surface area contributed by atoms with Crippen LogP contribution in [0.4, 0.5) is 5.69 Å². The molecule has 0 saturated carbocycles. The lowest BCUT2D eigenvalue weighted by atomic mass is 9.70. The molecule has 2 atom stereocenters. The molecule has 1 aliphatic carbocycles. The van der Waals surface area contributed by atoms with Crippen molar-refractivity contribution in [3.8, 4) is 5.75 Å². The third-order valence-corrected chi connectivity index (χ3v) is 7.03. The van der Waals surface area contributed by atoms with Gasteiger partial charge in [0, 0.05) is 29.6 Å². The number of nitrogens with zero attached hydrogens (tertiary/aromatic N) is 1. The fraction of sp³-hybridized carbons (Fsp3) is 0.500. The Labute approximate surface area is 173 Å². The van der Waals surface area contributed by atoms with E-state index in [1.807, 2.05) is 0 Å². The Morgan fingerprint density at radius 3 is 3.00 bits per heavy atom. The van der Waals surface area contributed by atoms with Crippen molar-refractivity contribution in [3.63, 3.8) is 0 Å². The van der Waals surface area contributed by atoms with Crippen molar-refractivity contribution in [1.82, 2.24) is 5.32 Å². The number of anilines is 1. The van der Waals surface area contributed by atoms with Crippen molar-refractivity contribution < 1.29 is 4.74 Å². The SMILES string of the molecule is Cc1ccc2c(c1)N(C[C@@H]1CCCN1)C[C@@]1(CCCc3cc(Cl)ccc31)CO2. The molecule has 4 heteroatoms. The molecular formula is C24H29ClN2O. The van der Waals surface area contributed by atoms with Crippen LogP contribution >= 0.6 is 11.6 Å². The zero-order valence-corrected chi connectivity index (χ0v) is 17.4. The summed E-state index contributed by atoms with van der Waals surface area (Å²) in [5.74, 6) is 1.03. The van der Waals surface area contributed by atoms with Gasteiger partial charge in [-0.25, -0.2) is 0 Å². The summed E-state index contributed by atoms with van der Waals surface area (Å²) in [6.07, 6.45) is 6.03. The highest BCUT2D eigenvalue weighted by molar-refractivity contribution is 6.30. The molecule has 1 spiro atoms. The van der Waals surface area contributed by atoms with E-state index in [1.165, 1.54) is 48.1 Å². The van der Waals surface area contributed by atoms with Crippen LogP contribution in [0.25, 0.3) is 0 Å². The molecular weight excluding hydrogens is 368 g/mol. The van der Waals surface area contributed by atoms with Gasteiger partial charge >= 0.3 is 0 Å². The molecule has 2 aromatic carbocycles. The molecule has 1 fully saturated rings. The van der Waals surface area contributed by atoms with Crippen LogP contribution in [-0.4, -0.2) is 32.3 Å². The molecule has 1 N–H and O–H groups in total. The summed E-state index contributed by atoms with van der Waals surface area (Å²) in [4.78, 5) is 2.60. The van der Waals surface area contributed by atoms with E-state index in [4.69, 9.17) is 16.3 Å². The number of hydrogen-bond acceptors (Lipinski definition) is 3. The Balaban J connectivity index is 1.56. The number of hydrogen-bond donors (Lipinski definition) is 1. The third kappa shape index (κ3) is 3.29. The van der Waals surface area contributed by atoms with E-state index in [0.717, 1.165) is 43.4 Å². The lowest BCUT2D eigenvalue weighted by molar-refractivity contribution is 0.206. The number of fused-ring (bicyclic) bond motifs is 3. The molecule has 0 bridgehead atoms. The number of benzene rings is 2. The lowest BCUT2D eigenvalue weighted by Gasteiger charge is -2.41. The Morgan fingerprint density at radius 2 is 2.14 bits per heavy atom. The van der Waals surface area contributed by atoms with Gasteiger partial charge in [-0.15, -0.1) is 0 Å². The quantitative estimate of drug-likeness (QED) is 0.783. The van der Waals surface area contributed by atoms with Crippen LogP contribution in [0.15, 0.2) is 36.4 Å². The predicted octanol–water partition coefficient (Wildman–Crippen LogP) is 4.87. The van der Waals surface area contributed by atoms with Crippen LogP contribution in [0, 0.1) is 6.92 Å². The molecule has 0 unspecified atom stereocenters. The minimum Gasteiger partial charge on any atom is -0.490 e. The van der Waals surface area contributed by atoms with E-state index in [2.05, 4.69) is 53.5 Å². The molecule has 3 nitrogen and oxygen atoms in total. The molecule has 5 rings (SSSR count). The van der Waals surface area contributed by atoms with Gasteiger partial charge in [-0.1, -0.05) is 23.7 Å². The van der Waals surface area contributed by atoms with Crippen LogP contribution in [0.5, 0.6) is 5.75 Å². The summed E-state index contributed by atoms with van der Waals surface area (Å²) in [5.41, 5.74) is 5.43. The summed E-state index contributed by atoms with van der Waals surface area (Å²) >= 11 is 6.32. The van der Waals surface area contributed by atoms with E-state index >= 15 is 0 Å². The van der Waals surface area contributed by atoms with Crippen molar-refractivity contribution in [2.24, 2.45) is 0 Å². The summed E-state index contributed by atoms with van der Waals surface area (Å²) in [7, 11) is 0. The fourth-order valence-corrected chi connectivity index (χ4v) is 5.60. The first-order valence-corrected chi connectivity index (χ1v) is 11.0. The molecule has 0 radical (unpaired) electrons. The minimum absolute atomic E-state index is 0.0314. The van der Waals surface area contributed by atoms with E-state index in [-0.39, 0.29) is 5.41 Å². The molecule has 0 amide bonds. The van der Waals surface area contributed by atoms with E-state index in [0.29, 0.717) is 6.04 Å². The molecule has 148 valence electrons. The highest BCUT2D eigenvalue weighted by Crippen LogP contribution is 2.44. The van der Waals surface area contributed by atoms with E-state index in [1.54, 1.807) is 0 Å². The van der Waals surface area contributed by atoms with Crippen molar-refractivity contribution >= 4 is 17.3 Å². The van der Waals surface area contributed by atoms with E-state index < -0.39 is 0 Å². The van der Waals surface area contributed by atoms with Crippen LogP contribution in [0.3, 0.4) is 0 Å². The normalized spacial score (nSPS) is 26.5. The first-order valence-electron chi connectivity index (χ1n) is 10.6. The zero-order valence-electron chi connectivity index (χ0n) is 16.6. The highest BCUT2D eigenvalue weighted by Gasteiger charge is 2.42. The number of ether oxygens (including phenoxy) is 1. The van der Waals surface area contributed by atoms with Crippen LogP contribution in [0.1, 0.15) is 42.4 Å². The number of halogens is 1. The predicted molar refractivity (Wildman–Crippen MR) is 116 cm³/mol. The molecule has 28 heavy (non-hydrogen) atoms. The van der Waals surface area contributed by atoms with Gasteiger partial charge in [-0.05, 0) is 86.5 Å². The Bertz CT molecular complexity index is 877. The summed E-state index contributed by atoms with van der Waals surface area (Å²) in [5, 5.41) is 4.53. The van der Waals surface area contributed by atoms with E-state index in [9.17, 15) is 0 Å². The van der Waals surface area contributed by atoms with Gasteiger partial charge < -0.3 is 15.0 Å². The van der Waals surface area contributed by atoms with Gasteiger partial charge in [0.25, 0.3) is 0 Å². The second-order valence-electron chi connectivity index (χ2n) is 8.87. The third-order valence-electron chi connectivity index (χ3n) is 6.80. The zero-order chi connectivity index (χ0) is 19.1. The second-order valence-corrected chi connectivity index (χ2v) is 9.31. The molecule has 2 aromatic rings. The number of nitrogens with one attached hydrogen (secondary N) is 1. The lowest BCUT2D eigenvalue weighted by Crippen LogP contribution is -2.48. The van der Waals surface area contributed by atoms with Gasteiger partial charge in [0.05, 0.1) is 12.3 Å². The maximum Gasteiger partial charge on any atom is 0.142 e. The van der Waals surface area contributed by atoms with Crippen molar-refractivity contribution in [1.29, 1.82) is 0 Å². The van der Waals surface area contributed by atoms with Gasteiger partial charge in [0.1, 0.15) is 5.75 Å². The maximum atomic E-state index is 6.48. The average Bonchev–Trinajstić information content (AvgIpc) is 3.14. The Morgan fingerprint density at radius 1 is 1.21 bits per heavy atom. The number of rotatable bonds is 2. The minimum atomic E-state index is 0.0314. The Kier molecular flexibility index (Phi) is 4.76. The topological polar surface area (TPSA) is 24.5 Å². The summed E-state index contributed by atoms with van der Waals surface area (Å²) < 4.78 is 6.48. The van der Waals surface area contributed by atoms with Gasteiger partial charge in [-0.3, -0.25) is 0 Å². The molecule has 0 aromatic heterocycles. The first-order chi connectivity index (χ1) is 13.6. The Hall–Kier alpha value is -1.71. The van der Waals surface area contributed by atoms with Gasteiger partial charge in [-0.2, -0.15) is 0 Å². The first kappa shape index (κ1) is 18.3. The highest BCUT2D eigenvalue weighted by atomic mass is 35.5. The molecule has 2 aliphatic heterocycles. The van der Waals surface area contributed by atoms with Crippen LogP contribution in [0.2, 0.25) is 5.02 Å². The van der Waals surface area contributed by atoms with Crippen molar-refractivity contribution in [3.05, 3.63) is 58.1 Å². The fourth-order valence-electron chi connectivity index (χ4n) is 5.40. The largest absolute Gasteiger partial charge is 0.490 e. The maximum absolute atomic E-state index is 6.48. The summed E-state index contributed by atoms with van der Waals surface area (Å²) in [6.45, 7) is 6.11. The van der Waals surface area contributed by atoms with Crippen molar-refractivity contribution in [2.45, 2.75) is 50.5 Å². The summed E-state index contributed by atoms with van der Waals surface area (Å²) in [6, 6.07) is 13.7. The smallest absolute Gasteiger partial charge is 0.142 e. The molecule has 1 saturated heterocycles.